The normalized spacial score (nSPS) is 10.7. The molecular formula is C15H20O2S. The van der Waals surface area contributed by atoms with Gasteiger partial charge < -0.3 is 9.84 Å². The van der Waals surface area contributed by atoms with Crippen LogP contribution in [0.2, 0.25) is 0 Å². The van der Waals surface area contributed by atoms with Gasteiger partial charge in [0, 0.05) is 21.6 Å². The van der Waals surface area contributed by atoms with Crippen LogP contribution in [0.4, 0.5) is 0 Å². The summed E-state index contributed by atoms with van der Waals surface area (Å²) < 4.78 is 5.58. The Morgan fingerprint density at radius 3 is 2.61 bits per heavy atom. The van der Waals surface area contributed by atoms with Crippen molar-refractivity contribution in [3.05, 3.63) is 29.3 Å². The predicted octanol–water partition coefficient (Wildman–Crippen LogP) is 3.07. The highest BCUT2D eigenvalue weighted by Gasteiger charge is 2.12. The van der Waals surface area contributed by atoms with E-state index in [0.717, 1.165) is 22.6 Å². The lowest BCUT2D eigenvalue weighted by Crippen LogP contribution is -2.07. The van der Waals surface area contributed by atoms with Crippen LogP contribution in [0, 0.1) is 11.8 Å². The number of aliphatic hydroxyl groups excluding tert-OH is 1. The summed E-state index contributed by atoms with van der Waals surface area (Å²) in [6.07, 6.45) is 0. The number of aliphatic hydroxyl groups is 1. The van der Waals surface area contributed by atoms with Gasteiger partial charge in [-0.05, 0) is 18.2 Å². The highest BCUT2D eigenvalue weighted by molar-refractivity contribution is 7.99. The van der Waals surface area contributed by atoms with E-state index in [0.29, 0.717) is 0 Å². The van der Waals surface area contributed by atoms with Crippen LogP contribution in [-0.2, 0) is 5.75 Å². The SMILES string of the molecule is COc1ccc(C#CCO)cc1CSC(C)(C)C. The molecule has 1 N–H and O–H groups in total. The molecule has 1 aromatic rings. The fourth-order valence-corrected chi connectivity index (χ4v) is 2.22. The Hall–Kier alpha value is -1.11. The van der Waals surface area contributed by atoms with Crippen LogP contribution in [0.25, 0.3) is 0 Å². The maximum Gasteiger partial charge on any atom is 0.122 e. The minimum absolute atomic E-state index is 0.113. The van der Waals surface area contributed by atoms with Gasteiger partial charge in [0.15, 0.2) is 0 Å². The first-order valence-electron chi connectivity index (χ1n) is 5.87. The van der Waals surface area contributed by atoms with E-state index in [1.807, 2.05) is 30.0 Å². The van der Waals surface area contributed by atoms with Crippen molar-refractivity contribution in [3.8, 4) is 17.6 Å². The zero-order valence-corrected chi connectivity index (χ0v) is 12.2. The monoisotopic (exact) mass is 264 g/mol. The van der Waals surface area contributed by atoms with Crippen LogP contribution >= 0.6 is 11.8 Å². The summed E-state index contributed by atoms with van der Waals surface area (Å²) in [6, 6.07) is 5.87. The van der Waals surface area contributed by atoms with Crippen molar-refractivity contribution in [2.45, 2.75) is 31.3 Å². The van der Waals surface area contributed by atoms with E-state index >= 15 is 0 Å². The smallest absolute Gasteiger partial charge is 0.122 e. The highest BCUT2D eigenvalue weighted by atomic mass is 32.2. The molecule has 0 fully saturated rings. The van der Waals surface area contributed by atoms with Crippen molar-refractivity contribution in [1.29, 1.82) is 0 Å². The van der Waals surface area contributed by atoms with Gasteiger partial charge in [0.1, 0.15) is 12.4 Å². The molecule has 18 heavy (non-hydrogen) atoms. The van der Waals surface area contributed by atoms with Crippen molar-refractivity contribution >= 4 is 11.8 Å². The van der Waals surface area contributed by atoms with Crippen molar-refractivity contribution in [2.24, 2.45) is 0 Å². The van der Waals surface area contributed by atoms with E-state index in [1.165, 1.54) is 0 Å². The zero-order chi connectivity index (χ0) is 13.6. The van der Waals surface area contributed by atoms with Crippen molar-refractivity contribution in [1.82, 2.24) is 0 Å². The first kappa shape index (κ1) is 14.9. The number of ether oxygens (including phenoxy) is 1. The average Bonchev–Trinajstić information content (AvgIpc) is 2.33. The molecule has 0 heterocycles. The third-order valence-corrected chi connectivity index (χ3v) is 3.57. The molecule has 0 aromatic heterocycles. The quantitative estimate of drug-likeness (QED) is 0.851. The Balaban J connectivity index is 2.92. The van der Waals surface area contributed by atoms with Crippen LogP contribution in [0.1, 0.15) is 31.9 Å². The number of methoxy groups -OCH3 is 1. The second-order valence-electron chi connectivity index (χ2n) is 4.89. The molecule has 0 atom stereocenters. The van der Waals surface area contributed by atoms with Gasteiger partial charge in [-0.15, -0.1) is 0 Å². The molecule has 0 amide bonds. The van der Waals surface area contributed by atoms with Gasteiger partial charge in [-0.2, -0.15) is 11.8 Å². The van der Waals surface area contributed by atoms with E-state index in [9.17, 15) is 0 Å². The van der Waals surface area contributed by atoms with Crippen molar-refractivity contribution in [3.63, 3.8) is 0 Å². The molecule has 1 rings (SSSR count). The standard InChI is InChI=1S/C15H20O2S/c1-15(2,3)18-11-13-10-12(6-5-9-16)7-8-14(13)17-4/h7-8,10,16H,9,11H2,1-4H3. The second kappa shape index (κ2) is 6.72. The lowest BCUT2D eigenvalue weighted by Gasteiger charge is -2.18. The van der Waals surface area contributed by atoms with Gasteiger partial charge >= 0.3 is 0 Å². The summed E-state index contributed by atoms with van der Waals surface area (Å²) in [7, 11) is 1.68. The summed E-state index contributed by atoms with van der Waals surface area (Å²) in [6.45, 7) is 6.47. The number of thioether (sulfide) groups is 1. The lowest BCUT2D eigenvalue weighted by atomic mass is 10.1. The van der Waals surface area contributed by atoms with Gasteiger partial charge in [-0.3, -0.25) is 0 Å². The zero-order valence-electron chi connectivity index (χ0n) is 11.4. The van der Waals surface area contributed by atoms with Gasteiger partial charge in [0.05, 0.1) is 7.11 Å². The molecule has 0 radical (unpaired) electrons. The Kier molecular flexibility index (Phi) is 5.58. The van der Waals surface area contributed by atoms with Crippen LogP contribution in [0.5, 0.6) is 5.75 Å². The molecule has 0 aliphatic rings. The van der Waals surface area contributed by atoms with E-state index < -0.39 is 0 Å². The van der Waals surface area contributed by atoms with E-state index in [2.05, 4.69) is 32.6 Å². The van der Waals surface area contributed by atoms with Crippen molar-refractivity contribution < 1.29 is 9.84 Å². The average molecular weight is 264 g/mol. The Labute approximate surface area is 114 Å². The van der Waals surface area contributed by atoms with Gasteiger partial charge in [0.2, 0.25) is 0 Å². The summed E-state index contributed by atoms with van der Waals surface area (Å²) in [5.74, 6) is 7.36. The molecule has 0 saturated carbocycles. The fraction of sp³-hybridized carbons (Fsp3) is 0.467. The van der Waals surface area contributed by atoms with Gasteiger partial charge in [-0.1, -0.05) is 32.6 Å². The molecule has 1 aromatic carbocycles. The maximum absolute atomic E-state index is 8.71. The lowest BCUT2D eigenvalue weighted by molar-refractivity contribution is 0.350. The minimum Gasteiger partial charge on any atom is -0.496 e. The first-order valence-corrected chi connectivity index (χ1v) is 6.85. The van der Waals surface area contributed by atoms with Crippen LogP contribution in [0.3, 0.4) is 0 Å². The summed E-state index contributed by atoms with van der Waals surface area (Å²) in [5.41, 5.74) is 2.05. The van der Waals surface area contributed by atoms with Crippen LogP contribution < -0.4 is 4.74 Å². The van der Waals surface area contributed by atoms with Gasteiger partial charge in [0.25, 0.3) is 0 Å². The number of hydrogen-bond donors (Lipinski definition) is 1. The summed E-state index contributed by atoms with van der Waals surface area (Å²) in [5, 5.41) is 8.71. The van der Waals surface area contributed by atoms with Gasteiger partial charge in [-0.25, -0.2) is 0 Å². The Morgan fingerprint density at radius 1 is 1.33 bits per heavy atom. The maximum atomic E-state index is 8.71. The second-order valence-corrected chi connectivity index (χ2v) is 6.69. The predicted molar refractivity (Wildman–Crippen MR) is 78.0 cm³/mol. The molecule has 0 unspecified atom stereocenters. The molecule has 0 aliphatic carbocycles. The van der Waals surface area contributed by atoms with E-state index in [4.69, 9.17) is 9.84 Å². The molecule has 0 bridgehead atoms. The van der Waals surface area contributed by atoms with Crippen molar-refractivity contribution in [2.75, 3.05) is 13.7 Å². The molecular weight excluding hydrogens is 244 g/mol. The fourth-order valence-electron chi connectivity index (χ4n) is 1.40. The molecule has 0 aliphatic heterocycles. The third-order valence-electron chi connectivity index (χ3n) is 2.25. The highest BCUT2D eigenvalue weighted by Crippen LogP contribution is 2.31. The Bertz CT molecular complexity index is 450. The topological polar surface area (TPSA) is 29.5 Å². The largest absolute Gasteiger partial charge is 0.496 e. The van der Waals surface area contributed by atoms with E-state index in [1.54, 1.807) is 7.11 Å². The molecule has 0 spiro atoms. The number of hydrogen-bond acceptors (Lipinski definition) is 3. The number of benzene rings is 1. The summed E-state index contributed by atoms with van der Waals surface area (Å²) in [4.78, 5) is 0. The van der Waals surface area contributed by atoms with Crippen LogP contribution in [-0.4, -0.2) is 23.6 Å². The first-order chi connectivity index (χ1) is 8.46. The minimum atomic E-state index is -0.113. The number of rotatable bonds is 3. The molecule has 2 nitrogen and oxygen atoms in total. The molecule has 98 valence electrons. The van der Waals surface area contributed by atoms with E-state index in [-0.39, 0.29) is 11.4 Å². The molecule has 3 heteroatoms. The summed E-state index contributed by atoms with van der Waals surface area (Å²) >= 11 is 1.87. The Morgan fingerprint density at radius 2 is 2.06 bits per heavy atom. The molecule has 0 saturated heterocycles. The third kappa shape index (κ3) is 5.03. The van der Waals surface area contributed by atoms with Crippen LogP contribution in [0.15, 0.2) is 18.2 Å².